The fourth-order valence-electron chi connectivity index (χ4n) is 4.55. The Morgan fingerprint density at radius 3 is 2.47 bits per heavy atom. The highest BCUT2D eigenvalue weighted by Crippen LogP contribution is 2.46. The lowest BCUT2D eigenvalue weighted by molar-refractivity contribution is 0.0988. The highest BCUT2D eigenvalue weighted by molar-refractivity contribution is 6.10. The number of hydrogen-bond donors (Lipinski definition) is 1. The molecule has 6 nitrogen and oxygen atoms in total. The first-order valence-corrected chi connectivity index (χ1v) is 10.9. The van der Waals surface area contributed by atoms with Crippen LogP contribution in [0.2, 0.25) is 0 Å². The SMILES string of the molecule is CCc1ccccc1C1c2c(n[nH]c2C(C)(C)C)C(=O)N1c1ccc(-c2ccon2)cc1. The van der Waals surface area contributed by atoms with E-state index in [1.807, 2.05) is 41.3 Å². The molecule has 1 atom stereocenters. The predicted octanol–water partition coefficient (Wildman–Crippen LogP) is 5.67. The number of H-pyrrole nitrogens is 1. The zero-order valence-corrected chi connectivity index (χ0v) is 18.7. The van der Waals surface area contributed by atoms with Gasteiger partial charge in [-0.15, -0.1) is 0 Å². The maximum Gasteiger partial charge on any atom is 0.280 e. The Balaban J connectivity index is 1.68. The van der Waals surface area contributed by atoms with Crippen molar-refractivity contribution in [3.05, 3.63) is 88.9 Å². The molecule has 0 fully saturated rings. The topological polar surface area (TPSA) is 75.0 Å². The quantitative estimate of drug-likeness (QED) is 0.456. The maximum absolute atomic E-state index is 13.7. The molecule has 0 spiro atoms. The van der Waals surface area contributed by atoms with E-state index in [0.717, 1.165) is 40.2 Å². The van der Waals surface area contributed by atoms with Crippen LogP contribution in [0.15, 0.2) is 65.4 Å². The normalized spacial score (nSPS) is 15.9. The molecule has 1 N–H and O–H groups in total. The van der Waals surface area contributed by atoms with Crippen molar-refractivity contribution in [2.75, 3.05) is 4.90 Å². The van der Waals surface area contributed by atoms with E-state index in [0.29, 0.717) is 5.69 Å². The number of rotatable bonds is 4. The van der Waals surface area contributed by atoms with Gasteiger partial charge in [-0.25, -0.2) is 0 Å². The molecular weight excluding hydrogens is 400 g/mol. The lowest BCUT2D eigenvalue weighted by Gasteiger charge is -2.30. The van der Waals surface area contributed by atoms with Gasteiger partial charge in [-0.2, -0.15) is 5.10 Å². The number of carbonyl (C=O) groups is 1. The molecule has 2 aromatic heterocycles. The number of nitrogens with zero attached hydrogens (tertiary/aromatic N) is 3. The Labute approximate surface area is 187 Å². The van der Waals surface area contributed by atoms with Crippen LogP contribution in [0.25, 0.3) is 11.3 Å². The van der Waals surface area contributed by atoms with Crippen LogP contribution >= 0.6 is 0 Å². The van der Waals surface area contributed by atoms with Crippen LogP contribution in [0.4, 0.5) is 5.69 Å². The molecule has 6 heteroatoms. The molecule has 0 radical (unpaired) electrons. The van der Waals surface area contributed by atoms with Crippen LogP contribution in [0, 0.1) is 0 Å². The molecule has 0 saturated heterocycles. The molecule has 0 saturated carbocycles. The van der Waals surface area contributed by atoms with E-state index in [4.69, 9.17) is 4.52 Å². The van der Waals surface area contributed by atoms with Gasteiger partial charge in [0, 0.05) is 34.0 Å². The number of nitrogens with one attached hydrogen (secondary N) is 1. The Bertz CT molecular complexity index is 1260. The van der Waals surface area contributed by atoms with Gasteiger partial charge in [0.1, 0.15) is 12.0 Å². The number of aryl methyl sites for hydroxylation is 1. The number of amides is 1. The molecule has 2 aromatic carbocycles. The molecular formula is C26H26N4O2. The number of hydrogen-bond acceptors (Lipinski definition) is 4. The highest BCUT2D eigenvalue weighted by Gasteiger charge is 2.45. The van der Waals surface area contributed by atoms with E-state index >= 15 is 0 Å². The summed E-state index contributed by atoms with van der Waals surface area (Å²) in [5.41, 5.74) is 7.20. The van der Waals surface area contributed by atoms with E-state index in [9.17, 15) is 4.79 Å². The third-order valence-electron chi connectivity index (χ3n) is 6.12. The van der Waals surface area contributed by atoms with E-state index in [1.165, 1.54) is 5.56 Å². The fraction of sp³-hybridized carbons (Fsp3) is 0.269. The molecule has 3 heterocycles. The van der Waals surface area contributed by atoms with E-state index < -0.39 is 0 Å². The zero-order chi connectivity index (χ0) is 22.5. The highest BCUT2D eigenvalue weighted by atomic mass is 16.5. The third-order valence-corrected chi connectivity index (χ3v) is 6.12. The Morgan fingerprint density at radius 2 is 1.81 bits per heavy atom. The average molecular weight is 427 g/mol. The summed E-state index contributed by atoms with van der Waals surface area (Å²) in [4.78, 5) is 15.5. The molecule has 4 aromatic rings. The van der Waals surface area contributed by atoms with Gasteiger partial charge in [0.25, 0.3) is 5.91 Å². The fourth-order valence-corrected chi connectivity index (χ4v) is 4.55. The van der Waals surface area contributed by atoms with Crippen molar-refractivity contribution in [1.29, 1.82) is 0 Å². The summed E-state index contributed by atoms with van der Waals surface area (Å²) in [7, 11) is 0. The second-order valence-electron chi connectivity index (χ2n) is 9.17. The minimum atomic E-state index is -0.237. The summed E-state index contributed by atoms with van der Waals surface area (Å²) in [6.07, 6.45) is 2.44. The lowest BCUT2D eigenvalue weighted by atomic mass is 9.84. The third kappa shape index (κ3) is 3.14. The van der Waals surface area contributed by atoms with Gasteiger partial charge in [-0.1, -0.05) is 69.2 Å². The van der Waals surface area contributed by atoms with Crippen molar-refractivity contribution in [1.82, 2.24) is 15.4 Å². The first kappa shape index (κ1) is 20.2. The number of fused-ring (bicyclic) bond motifs is 1. The number of anilines is 1. The smallest absolute Gasteiger partial charge is 0.280 e. The average Bonchev–Trinajstić information content (AvgIpc) is 3.51. The van der Waals surface area contributed by atoms with Gasteiger partial charge in [0.2, 0.25) is 0 Å². The summed E-state index contributed by atoms with van der Waals surface area (Å²) >= 11 is 0. The number of aromatic nitrogens is 3. The van der Waals surface area contributed by atoms with Crippen LogP contribution in [0.5, 0.6) is 0 Å². The van der Waals surface area contributed by atoms with Crippen molar-refractivity contribution >= 4 is 11.6 Å². The molecule has 162 valence electrons. The van der Waals surface area contributed by atoms with Crippen molar-refractivity contribution in [3.8, 4) is 11.3 Å². The summed E-state index contributed by atoms with van der Waals surface area (Å²) in [5, 5.41) is 11.6. The van der Waals surface area contributed by atoms with Crippen molar-refractivity contribution in [2.45, 2.75) is 45.6 Å². The van der Waals surface area contributed by atoms with Crippen LogP contribution in [-0.4, -0.2) is 21.3 Å². The monoisotopic (exact) mass is 426 g/mol. The molecule has 1 amide bonds. The molecule has 0 aliphatic carbocycles. The van der Waals surface area contributed by atoms with Gasteiger partial charge >= 0.3 is 0 Å². The summed E-state index contributed by atoms with van der Waals surface area (Å²) in [6, 6.07) is 17.8. The Kier molecular flexibility index (Phi) is 4.73. The summed E-state index contributed by atoms with van der Waals surface area (Å²) in [5.74, 6) is -0.0863. The van der Waals surface area contributed by atoms with Crippen molar-refractivity contribution in [2.24, 2.45) is 0 Å². The standard InChI is InChI=1S/C26H26N4O2/c1-5-16-8-6-7-9-19(16)23-21-22(27-28-24(21)26(2,3)4)25(31)30(23)18-12-10-17(11-13-18)20-14-15-32-29-20/h6-15,23H,5H2,1-4H3,(H,27,28). The Morgan fingerprint density at radius 1 is 1.06 bits per heavy atom. The van der Waals surface area contributed by atoms with Gasteiger partial charge < -0.3 is 4.52 Å². The molecule has 0 bridgehead atoms. The molecule has 5 rings (SSSR count). The first-order chi connectivity index (χ1) is 15.4. The second-order valence-corrected chi connectivity index (χ2v) is 9.17. The van der Waals surface area contributed by atoms with Gasteiger partial charge in [-0.3, -0.25) is 14.8 Å². The number of benzene rings is 2. The maximum atomic E-state index is 13.7. The summed E-state index contributed by atoms with van der Waals surface area (Å²) in [6.45, 7) is 8.57. The van der Waals surface area contributed by atoms with Gasteiger partial charge in [0.05, 0.1) is 6.04 Å². The van der Waals surface area contributed by atoms with E-state index in [2.05, 4.69) is 61.2 Å². The lowest BCUT2D eigenvalue weighted by Crippen LogP contribution is -2.30. The van der Waals surface area contributed by atoms with E-state index in [-0.39, 0.29) is 17.4 Å². The minimum absolute atomic E-state index is 0.0863. The van der Waals surface area contributed by atoms with Crippen molar-refractivity contribution < 1.29 is 9.32 Å². The zero-order valence-electron chi connectivity index (χ0n) is 18.7. The van der Waals surface area contributed by atoms with Crippen LogP contribution in [-0.2, 0) is 11.8 Å². The van der Waals surface area contributed by atoms with Gasteiger partial charge in [-0.05, 0) is 29.7 Å². The molecule has 1 aliphatic rings. The molecule has 1 unspecified atom stereocenters. The van der Waals surface area contributed by atoms with Crippen LogP contribution in [0.3, 0.4) is 0 Å². The van der Waals surface area contributed by atoms with Gasteiger partial charge in [0.15, 0.2) is 5.69 Å². The summed E-state index contributed by atoms with van der Waals surface area (Å²) < 4.78 is 4.97. The molecule has 32 heavy (non-hydrogen) atoms. The second kappa shape index (κ2) is 7.48. The first-order valence-electron chi connectivity index (χ1n) is 10.9. The number of aromatic amines is 1. The van der Waals surface area contributed by atoms with E-state index in [1.54, 1.807) is 6.26 Å². The van der Waals surface area contributed by atoms with Crippen LogP contribution in [0.1, 0.15) is 66.6 Å². The largest absolute Gasteiger partial charge is 0.364 e. The van der Waals surface area contributed by atoms with Crippen LogP contribution < -0.4 is 4.90 Å². The number of carbonyl (C=O) groups excluding carboxylic acids is 1. The minimum Gasteiger partial charge on any atom is -0.364 e. The molecule has 1 aliphatic heterocycles. The van der Waals surface area contributed by atoms with Crippen molar-refractivity contribution in [3.63, 3.8) is 0 Å². The predicted molar refractivity (Wildman–Crippen MR) is 124 cm³/mol. The Hall–Kier alpha value is -3.67.